The molecule has 1 aliphatic rings. The topological polar surface area (TPSA) is 50.3 Å². The van der Waals surface area contributed by atoms with E-state index in [1.54, 1.807) is 7.11 Å². The first-order chi connectivity index (χ1) is 10.2. The van der Waals surface area contributed by atoms with Crippen molar-refractivity contribution in [3.8, 4) is 0 Å². The zero-order valence-electron chi connectivity index (χ0n) is 13.5. The van der Waals surface area contributed by atoms with Crippen LogP contribution in [0.5, 0.6) is 0 Å². The summed E-state index contributed by atoms with van der Waals surface area (Å²) in [6.07, 6.45) is 8.98. The van der Waals surface area contributed by atoms with Crippen molar-refractivity contribution in [1.82, 2.24) is 15.3 Å². The van der Waals surface area contributed by atoms with Crippen LogP contribution < -0.4 is 10.2 Å². The van der Waals surface area contributed by atoms with Crippen LogP contribution in [0.3, 0.4) is 0 Å². The van der Waals surface area contributed by atoms with Gasteiger partial charge in [-0.15, -0.1) is 0 Å². The van der Waals surface area contributed by atoms with E-state index in [0.29, 0.717) is 6.04 Å². The smallest absolute Gasteiger partial charge is 0.225 e. The lowest BCUT2D eigenvalue weighted by Crippen LogP contribution is -2.35. The van der Waals surface area contributed by atoms with Crippen LogP contribution >= 0.6 is 0 Å². The van der Waals surface area contributed by atoms with Crippen molar-refractivity contribution in [3.63, 3.8) is 0 Å². The molecular formula is C16H28N4O. The highest BCUT2D eigenvalue weighted by Crippen LogP contribution is 2.27. The molecule has 1 aromatic rings. The molecule has 5 nitrogen and oxygen atoms in total. The van der Waals surface area contributed by atoms with Crippen molar-refractivity contribution >= 4 is 5.95 Å². The Morgan fingerprint density at radius 3 is 2.52 bits per heavy atom. The molecule has 1 aromatic heterocycles. The predicted octanol–water partition coefficient (Wildman–Crippen LogP) is 2.23. The van der Waals surface area contributed by atoms with Crippen molar-refractivity contribution in [2.45, 2.75) is 45.2 Å². The van der Waals surface area contributed by atoms with Gasteiger partial charge in [-0.1, -0.05) is 6.92 Å². The highest BCUT2D eigenvalue weighted by atomic mass is 16.5. The second-order valence-corrected chi connectivity index (χ2v) is 6.09. The molecule has 0 amide bonds. The maximum atomic E-state index is 5.00. The Morgan fingerprint density at radius 2 is 1.90 bits per heavy atom. The largest absolute Gasteiger partial charge is 0.383 e. The number of rotatable bonds is 7. The number of anilines is 1. The molecule has 0 aromatic carbocycles. The summed E-state index contributed by atoms with van der Waals surface area (Å²) in [4.78, 5) is 11.3. The van der Waals surface area contributed by atoms with Gasteiger partial charge in [0.2, 0.25) is 5.95 Å². The molecule has 2 rings (SSSR count). The molecule has 1 N–H and O–H groups in total. The number of nitrogens with zero attached hydrogens (tertiary/aromatic N) is 3. The molecule has 0 radical (unpaired) electrons. The molecule has 1 heterocycles. The average Bonchev–Trinajstić information content (AvgIpc) is 2.52. The summed E-state index contributed by atoms with van der Waals surface area (Å²) < 4.78 is 5.00. The van der Waals surface area contributed by atoms with E-state index in [-0.39, 0.29) is 0 Å². The minimum absolute atomic E-state index is 0.590. The normalized spacial score (nSPS) is 22.2. The molecule has 5 heteroatoms. The predicted molar refractivity (Wildman–Crippen MR) is 85.4 cm³/mol. The van der Waals surface area contributed by atoms with Crippen molar-refractivity contribution < 1.29 is 4.74 Å². The summed E-state index contributed by atoms with van der Waals surface area (Å²) in [7, 11) is 3.83. The van der Waals surface area contributed by atoms with Crippen LogP contribution in [0.15, 0.2) is 12.4 Å². The first-order valence-electron chi connectivity index (χ1n) is 7.94. The zero-order valence-corrected chi connectivity index (χ0v) is 13.5. The Hall–Kier alpha value is -1.20. The SMILES string of the molecule is COCCNCc1cnc(N(C)C2CCC(C)CC2)nc1. The number of ether oxygens (including phenoxy) is 1. The van der Waals surface area contributed by atoms with Crippen LogP contribution in [-0.2, 0) is 11.3 Å². The lowest BCUT2D eigenvalue weighted by Gasteiger charge is -2.33. The minimum Gasteiger partial charge on any atom is -0.383 e. The highest BCUT2D eigenvalue weighted by molar-refractivity contribution is 5.30. The summed E-state index contributed by atoms with van der Waals surface area (Å²) in [5.74, 6) is 1.71. The standard InChI is InChI=1S/C16H28N4O/c1-13-4-6-15(7-5-13)20(2)16-18-11-14(12-19-16)10-17-8-9-21-3/h11-13,15,17H,4-10H2,1-3H3. The van der Waals surface area contributed by atoms with Gasteiger partial charge in [0, 0.05) is 51.2 Å². The van der Waals surface area contributed by atoms with Gasteiger partial charge in [0.15, 0.2) is 0 Å². The fourth-order valence-corrected chi connectivity index (χ4v) is 2.82. The molecule has 0 bridgehead atoms. The van der Waals surface area contributed by atoms with Gasteiger partial charge in [-0.2, -0.15) is 0 Å². The van der Waals surface area contributed by atoms with Crippen molar-refractivity contribution in [2.24, 2.45) is 5.92 Å². The van der Waals surface area contributed by atoms with Crippen LogP contribution in [-0.4, -0.2) is 43.3 Å². The zero-order chi connectivity index (χ0) is 15.1. The van der Waals surface area contributed by atoms with Gasteiger partial charge in [0.05, 0.1) is 6.61 Å². The number of aromatic nitrogens is 2. The maximum absolute atomic E-state index is 5.00. The summed E-state index contributed by atoms with van der Waals surface area (Å²) in [6, 6.07) is 0.590. The van der Waals surface area contributed by atoms with Crippen LogP contribution in [0.25, 0.3) is 0 Å². The fraction of sp³-hybridized carbons (Fsp3) is 0.750. The average molecular weight is 292 g/mol. The maximum Gasteiger partial charge on any atom is 0.225 e. The second kappa shape index (κ2) is 8.29. The fourth-order valence-electron chi connectivity index (χ4n) is 2.82. The molecule has 0 unspecified atom stereocenters. The van der Waals surface area contributed by atoms with Crippen molar-refractivity contribution in [2.75, 3.05) is 32.2 Å². The van der Waals surface area contributed by atoms with Crippen LogP contribution in [0.2, 0.25) is 0 Å². The number of methoxy groups -OCH3 is 1. The van der Waals surface area contributed by atoms with E-state index in [1.807, 2.05) is 12.4 Å². The van der Waals surface area contributed by atoms with Gasteiger partial charge in [0.25, 0.3) is 0 Å². The lowest BCUT2D eigenvalue weighted by atomic mass is 9.87. The summed E-state index contributed by atoms with van der Waals surface area (Å²) >= 11 is 0. The molecule has 0 spiro atoms. The molecule has 0 atom stereocenters. The first-order valence-corrected chi connectivity index (χ1v) is 7.94. The molecule has 1 aliphatic carbocycles. The first kappa shape index (κ1) is 16.2. The van der Waals surface area contributed by atoms with Crippen molar-refractivity contribution in [1.29, 1.82) is 0 Å². The highest BCUT2D eigenvalue weighted by Gasteiger charge is 2.23. The Kier molecular flexibility index (Phi) is 6.39. The van der Waals surface area contributed by atoms with E-state index in [4.69, 9.17) is 4.74 Å². The van der Waals surface area contributed by atoms with Gasteiger partial charge in [-0.25, -0.2) is 9.97 Å². The van der Waals surface area contributed by atoms with E-state index in [0.717, 1.165) is 37.1 Å². The molecule has 0 aliphatic heterocycles. The quantitative estimate of drug-likeness (QED) is 0.781. The monoisotopic (exact) mass is 292 g/mol. The van der Waals surface area contributed by atoms with E-state index in [9.17, 15) is 0 Å². The third kappa shape index (κ3) is 4.93. The van der Waals surface area contributed by atoms with Crippen LogP contribution in [0.1, 0.15) is 38.2 Å². The second-order valence-electron chi connectivity index (χ2n) is 6.09. The van der Waals surface area contributed by atoms with Gasteiger partial charge in [-0.3, -0.25) is 0 Å². The van der Waals surface area contributed by atoms with E-state index < -0.39 is 0 Å². The summed E-state index contributed by atoms with van der Waals surface area (Å²) in [6.45, 7) is 4.70. The Morgan fingerprint density at radius 1 is 1.24 bits per heavy atom. The summed E-state index contributed by atoms with van der Waals surface area (Å²) in [5.41, 5.74) is 1.11. The van der Waals surface area contributed by atoms with Gasteiger partial charge in [0.1, 0.15) is 0 Å². The van der Waals surface area contributed by atoms with Crippen LogP contribution in [0, 0.1) is 5.92 Å². The minimum atomic E-state index is 0.590. The van der Waals surface area contributed by atoms with E-state index >= 15 is 0 Å². The van der Waals surface area contributed by atoms with Gasteiger partial charge >= 0.3 is 0 Å². The lowest BCUT2D eigenvalue weighted by molar-refractivity contribution is 0.199. The Labute approximate surface area is 128 Å². The Bertz CT molecular complexity index is 401. The number of hydrogen-bond acceptors (Lipinski definition) is 5. The molecular weight excluding hydrogens is 264 g/mol. The van der Waals surface area contributed by atoms with Crippen molar-refractivity contribution in [3.05, 3.63) is 18.0 Å². The van der Waals surface area contributed by atoms with Crippen LogP contribution in [0.4, 0.5) is 5.95 Å². The van der Waals surface area contributed by atoms with Gasteiger partial charge < -0.3 is 15.0 Å². The third-order valence-electron chi connectivity index (χ3n) is 4.35. The number of nitrogens with one attached hydrogen (secondary N) is 1. The van der Waals surface area contributed by atoms with Gasteiger partial charge in [-0.05, 0) is 31.6 Å². The third-order valence-corrected chi connectivity index (χ3v) is 4.35. The van der Waals surface area contributed by atoms with E-state index in [1.165, 1.54) is 25.7 Å². The Balaban J connectivity index is 1.83. The molecule has 1 saturated carbocycles. The summed E-state index contributed by atoms with van der Waals surface area (Å²) in [5, 5.41) is 3.30. The van der Waals surface area contributed by atoms with E-state index in [2.05, 4.69) is 34.2 Å². The molecule has 118 valence electrons. The number of hydrogen-bond donors (Lipinski definition) is 1. The molecule has 0 saturated heterocycles. The molecule has 21 heavy (non-hydrogen) atoms. The molecule has 1 fully saturated rings.